The lowest BCUT2D eigenvalue weighted by Crippen LogP contribution is -2.37. The number of halogens is 1. The molecule has 1 rings (SSSR count). The molecule has 0 aliphatic rings. The number of likely N-dealkylation sites (N-methyl/N-ethyl adjacent to an activating group) is 2. The number of nitrogens with two attached hydrogens (primary N) is 1. The Morgan fingerprint density at radius 1 is 1.26 bits per heavy atom. The second kappa shape index (κ2) is 5.69. The summed E-state index contributed by atoms with van der Waals surface area (Å²) in [5.41, 5.74) is 6.28. The van der Waals surface area contributed by atoms with Gasteiger partial charge in [0.05, 0.1) is 6.54 Å². The third-order valence-electron chi connectivity index (χ3n) is 2.85. The monoisotopic (exact) mass is 267 g/mol. The molecule has 0 aliphatic heterocycles. The van der Waals surface area contributed by atoms with Crippen molar-refractivity contribution in [1.29, 1.82) is 0 Å². The standard InChI is InChI=1S/C13H18FN3O2/c1-8-10(14)5-9(6-11(8)15)13(19)17(4)7-12(18)16(2)3/h5-6H,7,15H2,1-4H3. The molecule has 19 heavy (non-hydrogen) atoms. The number of hydrogen-bond donors (Lipinski definition) is 1. The van der Waals surface area contributed by atoms with Gasteiger partial charge in [-0.05, 0) is 19.1 Å². The summed E-state index contributed by atoms with van der Waals surface area (Å²) in [4.78, 5) is 26.2. The fraction of sp³-hybridized carbons (Fsp3) is 0.385. The van der Waals surface area contributed by atoms with Crippen LogP contribution in [0.3, 0.4) is 0 Å². The van der Waals surface area contributed by atoms with Gasteiger partial charge in [0.1, 0.15) is 5.82 Å². The van der Waals surface area contributed by atoms with Gasteiger partial charge in [0, 0.05) is 38.0 Å². The predicted octanol–water partition coefficient (Wildman–Crippen LogP) is 0.877. The quantitative estimate of drug-likeness (QED) is 0.827. The molecule has 0 radical (unpaired) electrons. The van der Waals surface area contributed by atoms with Gasteiger partial charge in [0.15, 0.2) is 0 Å². The van der Waals surface area contributed by atoms with Crippen LogP contribution >= 0.6 is 0 Å². The van der Waals surface area contributed by atoms with Crippen LogP contribution in [0.4, 0.5) is 10.1 Å². The second-order valence-electron chi connectivity index (χ2n) is 4.62. The number of hydrogen-bond acceptors (Lipinski definition) is 3. The van der Waals surface area contributed by atoms with E-state index >= 15 is 0 Å². The van der Waals surface area contributed by atoms with E-state index in [-0.39, 0.29) is 23.7 Å². The molecule has 0 saturated heterocycles. The minimum Gasteiger partial charge on any atom is -0.398 e. The second-order valence-corrected chi connectivity index (χ2v) is 4.62. The fourth-order valence-corrected chi connectivity index (χ4v) is 1.46. The van der Waals surface area contributed by atoms with Gasteiger partial charge in [-0.2, -0.15) is 0 Å². The van der Waals surface area contributed by atoms with E-state index in [4.69, 9.17) is 5.73 Å². The minimum absolute atomic E-state index is 0.0682. The van der Waals surface area contributed by atoms with Crippen LogP contribution in [0.25, 0.3) is 0 Å². The van der Waals surface area contributed by atoms with Gasteiger partial charge < -0.3 is 15.5 Å². The zero-order valence-electron chi connectivity index (χ0n) is 11.5. The normalized spacial score (nSPS) is 10.2. The van der Waals surface area contributed by atoms with Crippen LogP contribution in [0.5, 0.6) is 0 Å². The van der Waals surface area contributed by atoms with Crippen LogP contribution in [-0.4, -0.2) is 49.3 Å². The molecule has 0 saturated carbocycles. The van der Waals surface area contributed by atoms with Crippen LogP contribution in [0.15, 0.2) is 12.1 Å². The van der Waals surface area contributed by atoms with Crippen LogP contribution < -0.4 is 5.73 Å². The summed E-state index contributed by atoms with van der Waals surface area (Å²) in [6.45, 7) is 1.47. The Balaban J connectivity index is 2.92. The molecule has 104 valence electrons. The van der Waals surface area contributed by atoms with E-state index in [9.17, 15) is 14.0 Å². The Morgan fingerprint density at radius 3 is 2.32 bits per heavy atom. The van der Waals surface area contributed by atoms with Crippen molar-refractivity contribution in [1.82, 2.24) is 9.80 Å². The summed E-state index contributed by atoms with van der Waals surface area (Å²) < 4.78 is 13.5. The molecule has 0 heterocycles. The first-order valence-corrected chi connectivity index (χ1v) is 5.75. The highest BCUT2D eigenvalue weighted by Gasteiger charge is 2.18. The Hall–Kier alpha value is -2.11. The first kappa shape index (κ1) is 14.9. The Kier molecular flexibility index (Phi) is 4.47. The molecule has 2 N–H and O–H groups in total. The van der Waals surface area contributed by atoms with Crippen molar-refractivity contribution in [3.8, 4) is 0 Å². The number of benzene rings is 1. The van der Waals surface area contributed by atoms with E-state index in [1.807, 2.05) is 0 Å². The van der Waals surface area contributed by atoms with E-state index in [1.54, 1.807) is 14.1 Å². The van der Waals surface area contributed by atoms with Gasteiger partial charge in [0.25, 0.3) is 5.91 Å². The van der Waals surface area contributed by atoms with E-state index in [0.29, 0.717) is 5.56 Å². The lowest BCUT2D eigenvalue weighted by molar-refractivity contribution is -0.129. The van der Waals surface area contributed by atoms with Gasteiger partial charge in [-0.15, -0.1) is 0 Å². The topological polar surface area (TPSA) is 66.6 Å². The minimum atomic E-state index is -0.532. The van der Waals surface area contributed by atoms with Crippen molar-refractivity contribution in [3.63, 3.8) is 0 Å². The molecule has 1 aromatic rings. The maximum Gasteiger partial charge on any atom is 0.254 e. The summed E-state index contributed by atoms with van der Waals surface area (Å²) in [6, 6.07) is 2.54. The van der Waals surface area contributed by atoms with E-state index in [1.165, 1.54) is 29.8 Å². The van der Waals surface area contributed by atoms with E-state index in [0.717, 1.165) is 6.07 Å². The molecule has 0 unspecified atom stereocenters. The lowest BCUT2D eigenvalue weighted by Gasteiger charge is -2.19. The van der Waals surface area contributed by atoms with Crippen LogP contribution in [-0.2, 0) is 4.79 Å². The molecule has 2 amide bonds. The lowest BCUT2D eigenvalue weighted by atomic mass is 10.1. The average molecular weight is 267 g/mol. The van der Waals surface area contributed by atoms with Gasteiger partial charge in [0.2, 0.25) is 5.91 Å². The molecular formula is C13H18FN3O2. The Morgan fingerprint density at radius 2 is 1.84 bits per heavy atom. The largest absolute Gasteiger partial charge is 0.398 e. The summed E-state index contributed by atoms with van der Waals surface area (Å²) in [6.07, 6.45) is 0. The average Bonchev–Trinajstić information content (AvgIpc) is 2.33. The van der Waals surface area contributed by atoms with Gasteiger partial charge >= 0.3 is 0 Å². The fourth-order valence-electron chi connectivity index (χ4n) is 1.46. The number of amides is 2. The Bertz CT molecular complexity index is 492. The molecule has 1 aromatic carbocycles. The highest BCUT2D eigenvalue weighted by atomic mass is 19.1. The van der Waals surface area contributed by atoms with Crippen molar-refractivity contribution in [2.45, 2.75) is 6.92 Å². The smallest absolute Gasteiger partial charge is 0.254 e. The van der Waals surface area contributed by atoms with Crippen molar-refractivity contribution < 1.29 is 14.0 Å². The highest BCUT2D eigenvalue weighted by Crippen LogP contribution is 2.18. The first-order chi connectivity index (χ1) is 8.73. The SMILES string of the molecule is Cc1c(N)cc(C(=O)N(C)CC(=O)N(C)C)cc1F. The number of carbonyl (C=O) groups excluding carboxylic acids is 2. The number of carbonyl (C=O) groups is 2. The summed E-state index contributed by atoms with van der Waals surface area (Å²) in [7, 11) is 4.69. The third kappa shape index (κ3) is 3.43. The molecule has 0 fully saturated rings. The number of anilines is 1. The maximum absolute atomic E-state index is 13.5. The zero-order valence-corrected chi connectivity index (χ0v) is 11.5. The van der Waals surface area contributed by atoms with Crippen molar-refractivity contribution in [2.24, 2.45) is 0 Å². The van der Waals surface area contributed by atoms with Crippen LogP contribution in [0, 0.1) is 12.7 Å². The summed E-state index contributed by atoms with van der Waals surface area (Å²) in [5, 5.41) is 0. The number of nitrogens with zero attached hydrogens (tertiary/aromatic N) is 2. The van der Waals surface area contributed by atoms with Crippen molar-refractivity contribution in [3.05, 3.63) is 29.1 Å². The van der Waals surface area contributed by atoms with Gasteiger partial charge in [-0.3, -0.25) is 9.59 Å². The molecule has 5 nitrogen and oxygen atoms in total. The summed E-state index contributed by atoms with van der Waals surface area (Å²) >= 11 is 0. The molecule has 0 spiro atoms. The molecule has 0 aromatic heterocycles. The molecule has 0 atom stereocenters. The molecule has 0 aliphatic carbocycles. The van der Waals surface area contributed by atoms with Gasteiger partial charge in [-0.25, -0.2) is 4.39 Å². The Labute approximate surface area is 111 Å². The number of nitrogen functional groups attached to an aromatic ring is 1. The van der Waals surface area contributed by atoms with Gasteiger partial charge in [-0.1, -0.05) is 0 Å². The molecular weight excluding hydrogens is 249 g/mol. The van der Waals surface area contributed by atoms with Crippen molar-refractivity contribution in [2.75, 3.05) is 33.4 Å². The maximum atomic E-state index is 13.5. The third-order valence-corrected chi connectivity index (χ3v) is 2.85. The highest BCUT2D eigenvalue weighted by molar-refractivity contribution is 5.97. The van der Waals surface area contributed by atoms with Crippen LogP contribution in [0.1, 0.15) is 15.9 Å². The predicted molar refractivity (Wildman–Crippen MR) is 71.2 cm³/mol. The molecule has 6 heteroatoms. The van der Waals surface area contributed by atoms with E-state index in [2.05, 4.69) is 0 Å². The van der Waals surface area contributed by atoms with E-state index < -0.39 is 11.7 Å². The van der Waals surface area contributed by atoms with Crippen molar-refractivity contribution >= 4 is 17.5 Å². The van der Waals surface area contributed by atoms with Crippen LogP contribution in [0.2, 0.25) is 0 Å². The summed E-state index contributed by atoms with van der Waals surface area (Å²) in [5.74, 6) is -1.19. The first-order valence-electron chi connectivity index (χ1n) is 5.75. The zero-order chi connectivity index (χ0) is 14.7. The number of rotatable bonds is 3. The molecule has 0 bridgehead atoms.